The maximum Gasteiger partial charge on any atom is 0.146 e. The molecule has 0 unspecified atom stereocenters. The first kappa shape index (κ1) is 17.1. The van der Waals surface area contributed by atoms with Gasteiger partial charge in [0.2, 0.25) is 0 Å². The molecule has 142 valence electrons. The number of anilines is 1. The van der Waals surface area contributed by atoms with Crippen LogP contribution >= 0.6 is 0 Å². The zero-order valence-corrected chi connectivity index (χ0v) is 15.4. The summed E-state index contributed by atoms with van der Waals surface area (Å²) in [6.45, 7) is 3.78. The van der Waals surface area contributed by atoms with Crippen LogP contribution < -0.4 is 4.90 Å². The van der Waals surface area contributed by atoms with E-state index in [0.717, 1.165) is 53.7 Å². The molecular formula is C23H21FN2O2. The van der Waals surface area contributed by atoms with Crippen LogP contribution in [0.15, 0.2) is 65.1 Å². The highest BCUT2D eigenvalue weighted by molar-refractivity contribution is 6.05. The van der Waals surface area contributed by atoms with Gasteiger partial charge in [0, 0.05) is 49.1 Å². The Balaban J connectivity index is 1.34. The minimum Gasteiger partial charge on any atom is -0.508 e. The topological polar surface area (TPSA) is 39.9 Å². The Bertz CT molecular complexity index is 1150. The van der Waals surface area contributed by atoms with E-state index < -0.39 is 0 Å². The number of hydrogen-bond acceptors (Lipinski definition) is 4. The van der Waals surface area contributed by atoms with E-state index in [1.54, 1.807) is 12.1 Å². The lowest BCUT2D eigenvalue weighted by atomic mass is 10.1. The molecule has 0 atom stereocenters. The summed E-state index contributed by atoms with van der Waals surface area (Å²) in [5.74, 6) is 0.111. The summed E-state index contributed by atoms with van der Waals surface area (Å²) in [5.41, 5.74) is 3.13. The van der Waals surface area contributed by atoms with E-state index in [9.17, 15) is 9.50 Å². The number of rotatable bonds is 3. The molecule has 0 radical (unpaired) electrons. The minimum absolute atomic E-state index is 0.177. The third-order valence-electron chi connectivity index (χ3n) is 5.54. The second-order valence-electron chi connectivity index (χ2n) is 7.29. The van der Waals surface area contributed by atoms with Crippen LogP contribution in [-0.2, 0) is 6.54 Å². The molecule has 5 rings (SSSR count). The first-order chi connectivity index (χ1) is 13.7. The number of benzene rings is 3. The first-order valence-electron chi connectivity index (χ1n) is 9.54. The van der Waals surface area contributed by atoms with Crippen LogP contribution in [0.2, 0.25) is 0 Å². The summed E-state index contributed by atoms with van der Waals surface area (Å²) < 4.78 is 20.0. The summed E-state index contributed by atoms with van der Waals surface area (Å²) in [4.78, 5) is 4.36. The Kier molecular flexibility index (Phi) is 4.17. The van der Waals surface area contributed by atoms with E-state index in [-0.39, 0.29) is 11.6 Å². The predicted molar refractivity (Wildman–Crippen MR) is 109 cm³/mol. The highest BCUT2D eigenvalue weighted by Gasteiger charge is 2.21. The van der Waals surface area contributed by atoms with E-state index in [2.05, 4.69) is 9.80 Å². The quantitative estimate of drug-likeness (QED) is 0.560. The SMILES string of the molecule is Oc1cc2c(cc1CN1CCN(c3ccccc3F)CC1)oc1ccccc12. The molecule has 4 nitrogen and oxygen atoms in total. The second kappa shape index (κ2) is 6.84. The summed E-state index contributed by atoms with van der Waals surface area (Å²) in [6.07, 6.45) is 0. The van der Waals surface area contributed by atoms with Gasteiger partial charge in [-0.25, -0.2) is 4.39 Å². The summed E-state index contributed by atoms with van der Waals surface area (Å²) in [6, 6.07) is 18.5. The summed E-state index contributed by atoms with van der Waals surface area (Å²) >= 11 is 0. The molecule has 0 aliphatic carbocycles. The van der Waals surface area contributed by atoms with Gasteiger partial charge in [0.15, 0.2) is 0 Å². The molecule has 1 aliphatic heterocycles. The minimum atomic E-state index is -0.177. The van der Waals surface area contributed by atoms with Crippen LogP contribution in [0.1, 0.15) is 5.56 Å². The summed E-state index contributed by atoms with van der Waals surface area (Å²) in [7, 11) is 0. The highest BCUT2D eigenvalue weighted by Crippen LogP contribution is 2.34. The van der Waals surface area contributed by atoms with Gasteiger partial charge < -0.3 is 14.4 Å². The van der Waals surface area contributed by atoms with Crippen molar-refractivity contribution >= 4 is 27.6 Å². The van der Waals surface area contributed by atoms with Gasteiger partial charge in [0.1, 0.15) is 22.7 Å². The monoisotopic (exact) mass is 376 g/mol. The van der Waals surface area contributed by atoms with Gasteiger partial charge >= 0.3 is 0 Å². The highest BCUT2D eigenvalue weighted by atomic mass is 19.1. The molecule has 2 heterocycles. The fourth-order valence-corrected chi connectivity index (χ4v) is 4.02. The Morgan fingerprint density at radius 1 is 0.857 bits per heavy atom. The number of aromatic hydroxyl groups is 1. The van der Waals surface area contributed by atoms with Gasteiger partial charge in [-0.3, -0.25) is 4.90 Å². The van der Waals surface area contributed by atoms with Crippen molar-refractivity contribution in [2.45, 2.75) is 6.54 Å². The third kappa shape index (κ3) is 2.98. The average molecular weight is 376 g/mol. The van der Waals surface area contributed by atoms with Gasteiger partial charge in [0.25, 0.3) is 0 Å². The zero-order valence-electron chi connectivity index (χ0n) is 15.4. The van der Waals surface area contributed by atoms with Gasteiger partial charge in [-0.15, -0.1) is 0 Å². The molecule has 1 N–H and O–H groups in total. The lowest BCUT2D eigenvalue weighted by Gasteiger charge is -2.36. The maximum absolute atomic E-state index is 14.0. The maximum atomic E-state index is 14.0. The molecular weight excluding hydrogens is 355 g/mol. The molecule has 0 spiro atoms. The number of phenols is 1. The standard InChI is InChI=1S/C23H21FN2O2/c24-19-6-2-3-7-20(19)26-11-9-25(10-12-26)15-16-13-23-18(14-21(16)27)17-5-1-4-8-22(17)28-23/h1-8,13-14,27H,9-12,15H2. The number of para-hydroxylation sites is 2. The van der Waals surface area contributed by atoms with E-state index in [1.165, 1.54) is 6.07 Å². The van der Waals surface area contributed by atoms with Crippen molar-refractivity contribution < 1.29 is 13.9 Å². The molecule has 0 bridgehead atoms. The normalized spacial score (nSPS) is 15.5. The van der Waals surface area contributed by atoms with Crippen molar-refractivity contribution in [2.75, 3.05) is 31.1 Å². The number of phenolic OH excluding ortho intramolecular Hbond substituents is 1. The average Bonchev–Trinajstić information content (AvgIpc) is 3.07. The number of nitrogens with zero attached hydrogens (tertiary/aromatic N) is 2. The van der Waals surface area contributed by atoms with Crippen LogP contribution in [0.25, 0.3) is 21.9 Å². The summed E-state index contributed by atoms with van der Waals surface area (Å²) in [5, 5.41) is 12.5. The van der Waals surface area contributed by atoms with E-state index in [4.69, 9.17) is 4.42 Å². The third-order valence-corrected chi connectivity index (χ3v) is 5.54. The lowest BCUT2D eigenvalue weighted by molar-refractivity contribution is 0.246. The van der Waals surface area contributed by atoms with Gasteiger partial charge in [-0.2, -0.15) is 0 Å². The molecule has 1 aromatic heterocycles. The molecule has 1 fully saturated rings. The number of piperazine rings is 1. The fraction of sp³-hybridized carbons (Fsp3) is 0.217. The lowest BCUT2D eigenvalue weighted by Crippen LogP contribution is -2.46. The van der Waals surface area contributed by atoms with E-state index >= 15 is 0 Å². The smallest absolute Gasteiger partial charge is 0.146 e. The number of fused-ring (bicyclic) bond motifs is 3. The molecule has 1 saturated heterocycles. The largest absolute Gasteiger partial charge is 0.508 e. The van der Waals surface area contributed by atoms with Crippen molar-refractivity contribution in [3.8, 4) is 5.75 Å². The molecule has 0 saturated carbocycles. The zero-order chi connectivity index (χ0) is 19.1. The molecule has 0 amide bonds. The Labute approximate surface area is 162 Å². The van der Waals surface area contributed by atoms with Crippen molar-refractivity contribution in [2.24, 2.45) is 0 Å². The van der Waals surface area contributed by atoms with Crippen LogP contribution in [0.5, 0.6) is 5.75 Å². The molecule has 3 aromatic carbocycles. The molecule has 1 aliphatic rings. The Morgan fingerprint density at radius 3 is 2.43 bits per heavy atom. The van der Waals surface area contributed by atoms with Crippen LogP contribution in [-0.4, -0.2) is 36.2 Å². The van der Waals surface area contributed by atoms with E-state index in [1.807, 2.05) is 42.5 Å². The fourth-order valence-electron chi connectivity index (χ4n) is 4.02. The van der Waals surface area contributed by atoms with Crippen LogP contribution in [0.3, 0.4) is 0 Å². The van der Waals surface area contributed by atoms with Crippen LogP contribution in [0, 0.1) is 5.82 Å². The van der Waals surface area contributed by atoms with Crippen molar-refractivity contribution in [1.82, 2.24) is 4.90 Å². The first-order valence-corrected chi connectivity index (χ1v) is 9.54. The second-order valence-corrected chi connectivity index (χ2v) is 7.29. The van der Waals surface area contributed by atoms with Gasteiger partial charge in [-0.05, 0) is 30.3 Å². The molecule has 28 heavy (non-hydrogen) atoms. The Hall–Kier alpha value is -3.05. The van der Waals surface area contributed by atoms with E-state index in [0.29, 0.717) is 12.2 Å². The molecule has 4 aromatic rings. The number of furan rings is 1. The van der Waals surface area contributed by atoms with Crippen LogP contribution in [0.4, 0.5) is 10.1 Å². The number of hydrogen-bond donors (Lipinski definition) is 1. The van der Waals surface area contributed by atoms with Crippen molar-refractivity contribution in [3.63, 3.8) is 0 Å². The molecule has 5 heteroatoms. The van der Waals surface area contributed by atoms with Crippen molar-refractivity contribution in [3.05, 3.63) is 72.0 Å². The van der Waals surface area contributed by atoms with Gasteiger partial charge in [0.05, 0.1) is 5.69 Å². The predicted octanol–water partition coefficient (Wildman–Crippen LogP) is 4.75. The van der Waals surface area contributed by atoms with Crippen molar-refractivity contribution in [1.29, 1.82) is 0 Å². The number of halogens is 1. The Morgan fingerprint density at radius 2 is 1.61 bits per heavy atom. The van der Waals surface area contributed by atoms with Gasteiger partial charge in [-0.1, -0.05) is 30.3 Å².